The second-order valence-corrected chi connectivity index (χ2v) is 9.11. The van der Waals surface area contributed by atoms with Gasteiger partial charge in [0.15, 0.2) is 0 Å². The predicted octanol–water partition coefficient (Wildman–Crippen LogP) is 3.08. The topological polar surface area (TPSA) is 22.1 Å². The maximum atomic E-state index is 5.18. The number of rotatable bonds is 3. The van der Waals surface area contributed by atoms with E-state index in [4.69, 9.17) is 4.99 Å². The van der Waals surface area contributed by atoms with Gasteiger partial charge in [-0.15, -0.1) is 0 Å². The van der Waals surface area contributed by atoms with Crippen LogP contribution in [0.5, 0.6) is 0 Å². The van der Waals surface area contributed by atoms with Crippen LogP contribution >= 0.6 is 0 Å². The predicted molar refractivity (Wildman–Crippen MR) is 113 cm³/mol. The number of nitrogens with zero attached hydrogens (tertiary/aromatic N) is 4. The highest BCUT2D eigenvalue weighted by Crippen LogP contribution is 2.35. The summed E-state index contributed by atoms with van der Waals surface area (Å²) >= 11 is 0. The van der Waals surface area contributed by atoms with Crippen molar-refractivity contribution >= 4 is 5.84 Å². The van der Waals surface area contributed by atoms with E-state index in [1.165, 1.54) is 49.3 Å². The molecule has 5 aliphatic rings. The average Bonchev–Trinajstić information content (AvgIpc) is 3.13. The van der Waals surface area contributed by atoms with Gasteiger partial charge in [-0.3, -0.25) is 14.8 Å². The number of hydrogen-bond donors (Lipinski definition) is 0. The lowest BCUT2D eigenvalue weighted by Gasteiger charge is -2.37. The second kappa shape index (κ2) is 6.85. The van der Waals surface area contributed by atoms with E-state index < -0.39 is 0 Å². The molecule has 0 amide bonds. The maximum absolute atomic E-state index is 5.18. The van der Waals surface area contributed by atoms with Gasteiger partial charge in [0.2, 0.25) is 0 Å². The summed E-state index contributed by atoms with van der Waals surface area (Å²) in [6, 6.07) is 12.5. The van der Waals surface area contributed by atoms with Crippen LogP contribution in [0, 0.1) is 0 Å². The van der Waals surface area contributed by atoms with Crippen molar-refractivity contribution in [3.63, 3.8) is 0 Å². The van der Waals surface area contributed by atoms with Crippen LogP contribution in [0.4, 0.5) is 0 Å². The van der Waals surface area contributed by atoms with E-state index >= 15 is 0 Å². The van der Waals surface area contributed by atoms with Gasteiger partial charge in [0.1, 0.15) is 5.84 Å². The minimum Gasteiger partial charge on any atom is -0.350 e. The number of fused-ring (bicyclic) bond motifs is 4. The van der Waals surface area contributed by atoms with Crippen molar-refractivity contribution in [3.8, 4) is 0 Å². The van der Waals surface area contributed by atoms with Gasteiger partial charge in [0.25, 0.3) is 0 Å². The lowest BCUT2D eigenvalue weighted by atomic mass is 9.91. The van der Waals surface area contributed by atoms with E-state index in [9.17, 15) is 0 Å². The van der Waals surface area contributed by atoms with Crippen molar-refractivity contribution in [2.24, 2.45) is 4.99 Å². The summed E-state index contributed by atoms with van der Waals surface area (Å²) in [5.41, 5.74) is 4.48. The van der Waals surface area contributed by atoms with Gasteiger partial charge in [0, 0.05) is 51.7 Å². The highest BCUT2D eigenvalue weighted by Gasteiger charge is 2.40. The van der Waals surface area contributed by atoms with E-state index in [-0.39, 0.29) is 0 Å². The molecule has 28 heavy (non-hydrogen) atoms. The van der Waals surface area contributed by atoms with Gasteiger partial charge in [0.05, 0.1) is 12.1 Å². The van der Waals surface area contributed by atoms with Crippen LogP contribution in [0.25, 0.3) is 0 Å². The molecule has 0 bridgehead atoms. The van der Waals surface area contributed by atoms with Crippen LogP contribution in [-0.2, 0) is 6.54 Å². The lowest BCUT2D eigenvalue weighted by molar-refractivity contribution is 0.129. The molecular formula is C24H30N4. The third kappa shape index (κ3) is 2.94. The summed E-state index contributed by atoms with van der Waals surface area (Å²) in [5.74, 6) is 1.37. The molecule has 0 aromatic heterocycles. The zero-order valence-electron chi connectivity index (χ0n) is 16.6. The second-order valence-electron chi connectivity index (χ2n) is 9.11. The average molecular weight is 375 g/mol. The number of likely N-dealkylation sites (tertiary alicyclic amines) is 1. The zero-order valence-corrected chi connectivity index (χ0v) is 16.6. The number of amidine groups is 1. The molecule has 0 radical (unpaired) electrons. The molecule has 1 aromatic carbocycles. The van der Waals surface area contributed by atoms with Gasteiger partial charge < -0.3 is 4.90 Å². The molecule has 2 atom stereocenters. The molecule has 4 nitrogen and oxygen atoms in total. The highest BCUT2D eigenvalue weighted by atomic mass is 15.3. The molecule has 1 aromatic rings. The first-order chi connectivity index (χ1) is 13.8. The molecule has 3 aliphatic heterocycles. The third-order valence-corrected chi connectivity index (χ3v) is 7.37. The van der Waals surface area contributed by atoms with Crippen molar-refractivity contribution in [1.82, 2.24) is 14.7 Å². The van der Waals surface area contributed by atoms with Crippen molar-refractivity contribution in [3.05, 3.63) is 59.2 Å². The van der Waals surface area contributed by atoms with Crippen molar-refractivity contribution in [2.45, 2.75) is 50.4 Å². The number of hydrogen-bond acceptors (Lipinski definition) is 4. The Bertz CT molecular complexity index is 835. The maximum Gasteiger partial charge on any atom is 0.102 e. The molecule has 6 rings (SSSR count). The summed E-state index contributed by atoms with van der Waals surface area (Å²) in [4.78, 5) is 13.1. The van der Waals surface area contributed by atoms with Crippen LogP contribution in [-0.4, -0.2) is 71.4 Å². The summed E-state index contributed by atoms with van der Waals surface area (Å²) < 4.78 is 0. The summed E-state index contributed by atoms with van der Waals surface area (Å²) in [6.45, 7) is 6.77. The zero-order chi connectivity index (χ0) is 18.5. The molecular weight excluding hydrogens is 344 g/mol. The van der Waals surface area contributed by atoms with Gasteiger partial charge >= 0.3 is 0 Å². The Morgan fingerprint density at radius 2 is 1.75 bits per heavy atom. The number of aliphatic imine (C=N–C) groups is 1. The smallest absolute Gasteiger partial charge is 0.102 e. The Morgan fingerprint density at radius 1 is 0.929 bits per heavy atom. The fraction of sp³-hybridized carbons (Fsp3) is 0.542. The van der Waals surface area contributed by atoms with Crippen LogP contribution in [0.3, 0.4) is 0 Å². The van der Waals surface area contributed by atoms with Gasteiger partial charge in [-0.25, -0.2) is 0 Å². The van der Waals surface area contributed by atoms with Gasteiger partial charge in [-0.1, -0.05) is 48.9 Å². The minimum atomic E-state index is 0.348. The van der Waals surface area contributed by atoms with Crippen LogP contribution in [0.15, 0.2) is 58.6 Å². The largest absolute Gasteiger partial charge is 0.350 e. The van der Waals surface area contributed by atoms with E-state index in [0.29, 0.717) is 12.1 Å². The number of benzene rings is 1. The Morgan fingerprint density at radius 3 is 2.54 bits per heavy atom. The molecule has 0 spiro atoms. The first-order valence-electron chi connectivity index (χ1n) is 11.1. The molecule has 4 heteroatoms. The van der Waals surface area contributed by atoms with Gasteiger partial charge in [-0.05, 0) is 29.6 Å². The first kappa shape index (κ1) is 17.0. The van der Waals surface area contributed by atoms with Crippen molar-refractivity contribution in [2.75, 3.05) is 32.7 Å². The molecule has 146 valence electrons. The molecule has 1 saturated carbocycles. The minimum absolute atomic E-state index is 0.348. The van der Waals surface area contributed by atoms with E-state index in [0.717, 1.165) is 38.6 Å². The molecule has 2 saturated heterocycles. The monoisotopic (exact) mass is 374 g/mol. The molecule has 0 N–H and O–H groups in total. The Balaban J connectivity index is 1.17. The van der Waals surface area contributed by atoms with E-state index in [2.05, 4.69) is 57.2 Å². The van der Waals surface area contributed by atoms with Crippen LogP contribution in [0.1, 0.15) is 31.2 Å². The Kier molecular flexibility index (Phi) is 4.16. The molecule has 3 fully saturated rings. The first-order valence-corrected chi connectivity index (χ1v) is 11.1. The van der Waals surface area contributed by atoms with E-state index in [1.54, 1.807) is 5.57 Å². The van der Waals surface area contributed by atoms with Crippen molar-refractivity contribution < 1.29 is 0 Å². The van der Waals surface area contributed by atoms with Crippen molar-refractivity contribution in [1.29, 1.82) is 0 Å². The van der Waals surface area contributed by atoms with E-state index in [1.807, 2.05) is 0 Å². The molecule has 2 aliphatic carbocycles. The third-order valence-electron chi connectivity index (χ3n) is 7.37. The highest BCUT2D eigenvalue weighted by molar-refractivity contribution is 5.86. The van der Waals surface area contributed by atoms with Crippen LogP contribution in [0.2, 0.25) is 0 Å². The Hall–Kier alpha value is -1.91. The SMILES string of the molecule is C1=C2CN(Cc3ccccc3)CC2=CC2C1N=C1CCN(C3CCC3)CCN12. The fourth-order valence-corrected chi connectivity index (χ4v) is 5.62. The van der Waals surface area contributed by atoms with Crippen LogP contribution < -0.4 is 0 Å². The standard InChI is InChI=1S/C24H30N4/c1-2-5-18(6-3-1)15-26-16-19-13-22-23(14-20(19)17-26)28-12-11-27(21-7-4-8-21)10-9-24(28)25-22/h1-3,5-6,13-14,21-23H,4,7-12,15-17H2. The summed E-state index contributed by atoms with van der Waals surface area (Å²) in [6.07, 6.45) is 10.4. The quantitative estimate of drug-likeness (QED) is 0.812. The molecule has 2 unspecified atom stereocenters. The summed E-state index contributed by atoms with van der Waals surface area (Å²) in [7, 11) is 0. The fourth-order valence-electron chi connectivity index (χ4n) is 5.62. The summed E-state index contributed by atoms with van der Waals surface area (Å²) in [5, 5.41) is 0. The lowest BCUT2D eigenvalue weighted by Crippen LogP contribution is -2.44. The van der Waals surface area contributed by atoms with Gasteiger partial charge in [-0.2, -0.15) is 0 Å². The Labute approximate surface area is 168 Å². The molecule has 3 heterocycles. The normalized spacial score (nSPS) is 30.6.